The molecule has 1 aromatic heterocycles. The maximum absolute atomic E-state index is 4.37. The molecule has 0 unspecified atom stereocenters. The summed E-state index contributed by atoms with van der Waals surface area (Å²) in [6, 6.07) is 2.08. The van der Waals surface area contributed by atoms with Crippen LogP contribution in [0.5, 0.6) is 0 Å². The summed E-state index contributed by atoms with van der Waals surface area (Å²) in [6.07, 6.45) is 5.38. The van der Waals surface area contributed by atoms with Crippen LogP contribution in [0.4, 0.5) is 5.69 Å². The normalized spacial score (nSPS) is 15.1. The van der Waals surface area contributed by atoms with Gasteiger partial charge in [0.05, 0.1) is 0 Å². The second kappa shape index (κ2) is 3.13. The molecule has 0 aromatic carbocycles. The molecule has 2 heterocycles. The summed E-state index contributed by atoms with van der Waals surface area (Å²) in [6.45, 7) is 3.28. The smallest absolute Gasteiger partial charge is 0.0453 e. The molecule has 0 radical (unpaired) electrons. The maximum atomic E-state index is 4.37. The first-order chi connectivity index (χ1) is 5.92. The highest BCUT2D eigenvalue weighted by Crippen LogP contribution is 2.23. The molecule has 1 aliphatic heterocycles. The molecule has 1 aliphatic rings. The van der Waals surface area contributed by atoms with E-state index in [1.54, 1.807) is 0 Å². The largest absolute Gasteiger partial charge is 0.385 e. The summed E-state index contributed by atoms with van der Waals surface area (Å²) in [4.78, 5) is 4.37. The Morgan fingerprint density at radius 2 is 2.50 bits per heavy atom. The highest BCUT2D eigenvalue weighted by atomic mass is 14.9. The summed E-state index contributed by atoms with van der Waals surface area (Å²) < 4.78 is 0. The van der Waals surface area contributed by atoms with Gasteiger partial charge in [-0.05, 0) is 30.9 Å². The van der Waals surface area contributed by atoms with Gasteiger partial charge >= 0.3 is 0 Å². The van der Waals surface area contributed by atoms with E-state index < -0.39 is 0 Å². The van der Waals surface area contributed by atoms with Crippen LogP contribution in [0.25, 0.3) is 0 Å². The lowest BCUT2D eigenvalue weighted by atomic mass is 10.0. The monoisotopic (exact) mass is 162 g/mol. The number of anilines is 1. The maximum Gasteiger partial charge on any atom is 0.0453 e. The van der Waals surface area contributed by atoms with Gasteiger partial charge in [-0.25, -0.2) is 0 Å². The summed E-state index contributed by atoms with van der Waals surface area (Å²) in [5.41, 5.74) is 4.00. The van der Waals surface area contributed by atoms with Gasteiger partial charge in [-0.2, -0.15) is 0 Å². The highest BCUT2D eigenvalue weighted by molar-refractivity contribution is 5.54. The first-order valence-electron chi connectivity index (χ1n) is 4.62. The molecule has 0 aliphatic carbocycles. The lowest BCUT2D eigenvalue weighted by Crippen LogP contribution is -2.14. The Hall–Kier alpha value is -1.05. The van der Waals surface area contributed by atoms with Crippen molar-refractivity contribution in [1.82, 2.24) is 4.98 Å². The fourth-order valence-corrected chi connectivity index (χ4v) is 1.77. The predicted molar refractivity (Wildman–Crippen MR) is 50.4 cm³/mol. The summed E-state index contributed by atoms with van der Waals surface area (Å²) >= 11 is 0. The quantitative estimate of drug-likeness (QED) is 0.683. The van der Waals surface area contributed by atoms with Crippen LogP contribution in [0.2, 0.25) is 0 Å². The van der Waals surface area contributed by atoms with Crippen LogP contribution >= 0.6 is 0 Å². The van der Waals surface area contributed by atoms with Gasteiger partial charge in [-0.1, -0.05) is 6.92 Å². The van der Waals surface area contributed by atoms with Gasteiger partial charge in [0.2, 0.25) is 0 Å². The van der Waals surface area contributed by atoms with E-state index in [1.165, 1.54) is 29.8 Å². The van der Waals surface area contributed by atoms with Gasteiger partial charge in [-0.3, -0.25) is 4.98 Å². The van der Waals surface area contributed by atoms with Crippen molar-refractivity contribution in [3.63, 3.8) is 0 Å². The summed E-state index contributed by atoms with van der Waals surface area (Å²) in [7, 11) is 0. The van der Waals surface area contributed by atoms with Crippen molar-refractivity contribution in [3.05, 3.63) is 23.5 Å². The Labute approximate surface area is 73.0 Å². The van der Waals surface area contributed by atoms with Crippen LogP contribution in [0, 0.1) is 0 Å². The number of nitrogens with one attached hydrogen (secondary N) is 1. The van der Waals surface area contributed by atoms with Gasteiger partial charge in [0.15, 0.2) is 0 Å². The molecular formula is C10H14N2. The fraction of sp³-hybridized carbons (Fsp3) is 0.500. The third-order valence-corrected chi connectivity index (χ3v) is 2.40. The zero-order valence-corrected chi connectivity index (χ0v) is 7.43. The van der Waals surface area contributed by atoms with Gasteiger partial charge in [0, 0.05) is 24.1 Å². The van der Waals surface area contributed by atoms with Crippen LogP contribution in [-0.4, -0.2) is 11.5 Å². The number of aryl methyl sites for hydroxylation is 1. The molecule has 0 amide bonds. The standard InChI is InChI=1S/C10H14N2/c1-2-9-8-4-3-6-11-10(8)5-7-12-9/h5,7,11H,2-4,6H2,1H3. The van der Waals surface area contributed by atoms with Crippen molar-refractivity contribution in [2.75, 3.05) is 11.9 Å². The molecule has 0 fully saturated rings. The van der Waals surface area contributed by atoms with Crippen molar-refractivity contribution in [2.45, 2.75) is 26.2 Å². The lowest BCUT2D eigenvalue weighted by Gasteiger charge is -2.19. The average Bonchev–Trinajstić information content (AvgIpc) is 2.17. The number of rotatable bonds is 1. The lowest BCUT2D eigenvalue weighted by molar-refractivity contribution is 0.803. The van der Waals surface area contributed by atoms with Crippen molar-refractivity contribution < 1.29 is 0 Å². The molecule has 12 heavy (non-hydrogen) atoms. The SMILES string of the molecule is CCc1nccc2c1CCCN2. The first kappa shape index (κ1) is 7.59. The minimum atomic E-state index is 1.05. The molecule has 1 N–H and O–H groups in total. The van der Waals surface area contributed by atoms with Crippen LogP contribution in [0.3, 0.4) is 0 Å². The highest BCUT2D eigenvalue weighted by Gasteiger charge is 2.11. The van der Waals surface area contributed by atoms with Crippen LogP contribution in [0.15, 0.2) is 12.3 Å². The fourth-order valence-electron chi connectivity index (χ4n) is 1.77. The van der Waals surface area contributed by atoms with E-state index in [-0.39, 0.29) is 0 Å². The second-order valence-electron chi connectivity index (χ2n) is 3.17. The van der Waals surface area contributed by atoms with E-state index in [4.69, 9.17) is 0 Å². The van der Waals surface area contributed by atoms with E-state index in [0.717, 1.165) is 13.0 Å². The number of hydrogen-bond acceptors (Lipinski definition) is 2. The van der Waals surface area contributed by atoms with Gasteiger partial charge in [0.1, 0.15) is 0 Å². The number of pyridine rings is 1. The number of nitrogens with zero attached hydrogens (tertiary/aromatic N) is 1. The summed E-state index contributed by atoms with van der Waals surface area (Å²) in [5, 5.41) is 3.40. The zero-order chi connectivity index (χ0) is 8.39. The number of aromatic nitrogens is 1. The van der Waals surface area contributed by atoms with E-state index in [2.05, 4.69) is 23.3 Å². The predicted octanol–water partition coefficient (Wildman–Crippen LogP) is 2.00. The van der Waals surface area contributed by atoms with E-state index >= 15 is 0 Å². The Kier molecular flexibility index (Phi) is 1.98. The molecule has 0 saturated heterocycles. The van der Waals surface area contributed by atoms with Crippen LogP contribution in [0.1, 0.15) is 24.6 Å². The first-order valence-corrected chi connectivity index (χ1v) is 4.62. The minimum absolute atomic E-state index is 1.05. The van der Waals surface area contributed by atoms with Gasteiger partial charge < -0.3 is 5.32 Å². The van der Waals surface area contributed by atoms with Crippen LogP contribution < -0.4 is 5.32 Å². The third kappa shape index (κ3) is 1.17. The van der Waals surface area contributed by atoms with Gasteiger partial charge in [0.25, 0.3) is 0 Å². The van der Waals surface area contributed by atoms with E-state index in [9.17, 15) is 0 Å². The Bertz CT molecular complexity index is 267. The molecule has 0 spiro atoms. The molecule has 2 rings (SSSR count). The molecule has 0 bridgehead atoms. The van der Waals surface area contributed by atoms with Crippen molar-refractivity contribution in [2.24, 2.45) is 0 Å². The number of hydrogen-bond donors (Lipinski definition) is 1. The Morgan fingerprint density at radius 3 is 3.33 bits per heavy atom. The second-order valence-corrected chi connectivity index (χ2v) is 3.17. The van der Waals surface area contributed by atoms with E-state index in [1.807, 2.05) is 6.20 Å². The zero-order valence-electron chi connectivity index (χ0n) is 7.43. The third-order valence-electron chi connectivity index (χ3n) is 2.40. The van der Waals surface area contributed by atoms with Crippen molar-refractivity contribution in [3.8, 4) is 0 Å². The topological polar surface area (TPSA) is 24.9 Å². The van der Waals surface area contributed by atoms with Crippen molar-refractivity contribution >= 4 is 5.69 Å². The Balaban J connectivity index is 2.44. The molecule has 1 aromatic rings. The van der Waals surface area contributed by atoms with Crippen LogP contribution in [-0.2, 0) is 12.8 Å². The van der Waals surface area contributed by atoms with Crippen molar-refractivity contribution in [1.29, 1.82) is 0 Å². The molecule has 0 atom stereocenters. The molecule has 0 saturated carbocycles. The summed E-state index contributed by atoms with van der Waals surface area (Å²) in [5.74, 6) is 0. The number of fused-ring (bicyclic) bond motifs is 1. The average molecular weight is 162 g/mol. The molecule has 2 heteroatoms. The molecule has 64 valence electrons. The van der Waals surface area contributed by atoms with E-state index in [0.29, 0.717) is 0 Å². The Morgan fingerprint density at radius 1 is 1.58 bits per heavy atom. The minimum Gasteiger partial charge on any atom is -0.385 e. The molecule has 2 nitrogen and oxygen atoms in total. The van der Waals surface area contributed by atoms with Gasteiger partial charge in [-0.15, -0.1) is 0 Å². The molecular weight excluding hydrogens is 148 g/mol.